The van der Waals surface area contributed by atoms with E-state index < -0.39 is 9.84 Å². The molecule has 0 radical (unpaired) electrons. The second-order valence-electron chi connectivity index (χ2n) is 4.14. The van der Waals surface area contributed by atoms with E-state index in [1.165, 1.54) is 0 Å². The molecule has 0 aromatic rings. The van der Waals surface area contributed by atoms with Crippen molar-refractivity contribution in [2.45, 2.75) is 18.5 Å². The first-order valence-corrected chi connectivity index (χ1v) is 7.01. The Bertz CT molecular complexity index is 373. The summed E-state index contributed by atoms with van der Waals surface area (Å²) in [5.74, 6) is 0.505. The van der Waals surface area contributed by atoms with Gasteiger partial charge in [-0.25, -0.2) is 8.42 Å². The van der Waals surface area contributed by atoms with Crippen LogP contribution in [0.4, 0.5) is 0 Å². The number of hydrogen-bond acceptors (Lipinski definition) is 5. The van der Waals surface area contributed by atoms with E-state index in [4.69, 9.17) is 5.26 Å². The Morgan fingerprint density at radius 3 is 2.87 bits per heavy atom. The van der Waals surface area contributed by atoms with Gasteiger partial charge in [0.25, 0.3) is 0 Å². The molecule has 2 atom stereocenters. The number of piperazine rings is 1. The molecule has 0 bridgehead atoms. The van der Waals surface area contributed by atoms with Crippen LogP contribution in [-0.2, 0) is 9.84 Å². The second kappa shape index (κ2) is 4.08. The third-order valence-corrected chi connectivity index (χ3v) is 4.86. The minimum absolute atomic E-state index is 0.0572. The van der Waals surface area contributed by atoms with Gasteiger partial charge in [0, 0.05) is 25.7 Å². The summed E-state index contributed by atoms with van der Waals surface area (Å²) < 4.78 is 22.7. The third kappa shape index (κ3) is 2.30. The van der Waals surface area contributed by atoms with Crippen molar-refractivity contribution in [1.29, 1.82) is 5.26 Å². The zero-order valence-corrected chi connectivity index (χ0v) is 9.33. The Kier molecular flexibility index (Phi) is 2.96. The lowest BCUT2D eigenvalue weighted by atomic mass is 10.1. The highest BCUT2D eigenvalue weighted by Gasteiger charge is 2.36. The lowest BCUT2D eigenvalue weighted by Gasteiger charge is -2.35. The Balaban J connectivity index is 2.07. The van der Waals surface area contributed by atoms with Gasteiger partial charge in [0.15, 0.2) is 9.84 Å². The van der Waals surface area contributed by atoms with Gasteiger partial charge in [-0.3, -0.25) is 4.90 Å². The molecule has 6 heteroatoms. The van der Waals surface area contributed by atoms with Crippen molar-refractivity contribution < 1.29 is 8.42 Å². The van der Waals surface area contributed by atoms with E-state index in [1.807, 2.05) is 4.90 Å². The monoisotopic (exact) mass is 229 g/mol. The summed E-state index contributed by atoms with van der Waals surface area (Å²) in [6, 6.07) is 2.11. The molecule has 15 heavy (non-hydrogen) atoms. The van der Waals surface area contributed by atoms with Gasteiger partial charge < -0.3 is 5.32 Å². The Hall–Kier alpha value is -0.640. The Morgan fingerprint density at radius 1 is 1.47 bits per heavy atom. The van der Waals surface area contributed by atoms with E-state index in [0.717, 1.165) is 13.1 Å². The molecule has 2 aliphatic heterocycles. The molecule has 2 aliphatic rings. The average molecular weight is 229 g/mol. The van der Waals surface area contributed by atoms with Gasteiger partial charge in [0.2, 0.25) is 0 Å². The van der Waals surface area contributed by atoms with E-state index in [0.29, 0.717) is 13.0 Å². The lowest BCUT2D eigenvalue weighted by molar-refractivity contribution is 0.149. The summed E-state index contributed by atoms with van der Waals surface area (Å²) in [7, 11) is -2.85. The number of nitriles is 1. The van der Waals surface area contributed by atoms with Crippen LogP contribution in [0.25, 0.3) is 0 Å². The molecule has 2 saturated heterocycles. The van der Waals surface area contributed by atoms with Crippen molar-refractivity contribution in [2.24, 2.45) is 0 Å². The summed E-state index contributed by atoms with van der Waals surface area (Å²) in [5.41, 5.74) is 0. The smallest absolute Gasteiger partial charge is 0.151 e. The SMILES string of the molecule is N#CC1CNCCN1C1CCS(=O)(=O)C1. The van der Waals surface area contributed by atoms with Gasteiger partial charge in [-0.15, -0.1) is 0 Å². The zero-order chi connectivity index (χ0) is 10.9. The minimum Gasteiger partial charge on any atom is -0.313 e. The van der Waals surface area contributed by atoms with Crippen molar-refractivity contribution in [2.75, 3.05) is 31.1 Å². The average Bonchev–Trinajstić information content (AvgIpc) is 2.59. The third-order valence-electron chi connectivity index (χ3n) is 3.11. The van der Waals surface area contributed by atoms with Crippen LogP contribution in [0.15, 0.2) is 0 Å². The molecule has 0 spiro atoms. The van der Waals surface area contributed by atoms with Gasteiger partial charge in [0.1, 0.15) is 6.04 Å². The molecule has 2 rings (SSSR count). The quantitative estimate of drug-likeness (QED) is 0.622. The van der Waals surface area contributed by atoms with Crippen LogP contribution in [0.1, 0.15) is 6.42 Å². The Labute approximate surface area is 90.0 Å². The van der Waals surface area contributed by atoms with Crippen LogP contribution < -0.4 is 5.32 Å². The van der Waals surface area contributed by atoms with Gasteiger partial charge in [0.05, 0.1) is 17.6 Å². The lowest BCUT2D eigenvalue weighted by Crippen LogP contribution is -2.54. The number of hydrogen-bond donors (Lipinski definition) is 1. The summed E-state index contributed by atoms with van der Waals surface area (Å²) in [6.07, 6.45) is 0.681. The van der Waals surface area contributed by atoms with Gasteiger partial charge in [-0.05, 0) is 6.42 Å². The highest BCUT2D eigenvalue weighted by Crippen LogP contribution is 2.20. The van der Waals surface area contributed by atoms with Crippen LogP contribution >= 0.6 is 0 Å². The maximum atomic E-state index is 11.4. The number of nitrogens with zero attached hydrogens (tertiary/aromatic N) is 2. The predicted octanol–water partition coefficient (Wildman–Crippen LogP) is -1.03. The molecule has 0 aliphatic carbocycles. The first-order valence-electron chi connectivity index (χ1n) is 5.19. The van der Waals surface area contributed by atoms with Crippen molar-refractivity contribution in [3.63, 3.8) is 0 Å². The van der Waals surface area contributed by atoms with Gasteiger partial charge in [-0.2, -0.15) is 5.26 Å². The molecule has 2 fully saturated rings. The molecule has 0 amide bonds. The van der Waals surface area contributed by atoms with Crippen LogP contribution in [0, 0.1) is 11.3 Å². The molecule has 0 saturated carbocycles. The molecule has 0 aromatic heterocycles. The van der Waals surface area contributed by atoms with E-state index in [1.54, 1.807) is 0 Å². The topological polar surface area (TPSA) is 73.2 Å². The molecule has 1 N–H and O–H groups in total. The van der Waals surface area contributed by atoms with Crippen LogP contribution in [0.3, 0.4) is 0 Å². The van der Waals surface area contributed by atoms with E-state index in [2.05, 4.69) is 11.4 Å². The highest BCUT2D eigenvalue weighted by atomic mass is 32.2. The van der Waals surface area contributed by atoms with Crippen LogP contribution in [-0.4, -0.2) is 56.5 Å². The number of nitrogens with one attached hydrogen (secondary N) is 1. The molecule has 2 heterocycles. The summed E-state index contributed by atoms with van der Waals surface area (Å²) >= 11 is 0. The van der Waals surface area contributed by atoms with Gasteiger partial charge >= 0.3 is 0 Å². The molecule has 84 valence electrons. The van der Waals surface area contributed by atoms with Gasteiger partial charge in [-0.1, -0.05) is 0 Å². The van der Waals surface area contributed by atoms with Crippen molar-refractivity contribution in [3.05, 3.63) is 0 Å². The maximum absolute atomic E-state index is 11.4. The molecule has 5 nitrogen and oxygen atoms in total. The number of sulfone groups is 1. The summed E-state index contributed by atoms with van der Waals surface area (Å²) in [5, 5.41) is 12.1. The normalized spacial score (nSPS) is 36.2. The molecular weight excluding hydrogens is 214 g/mol. The first-order chi connectivity index (χ1) is 7.12. The van der Waals surface area contributed by atoms with Crippen molar-refractivity contribution in [3.8, 4) is 6.07 Å². The van der Waals surface area contributed by atoms with Crippen molar-refractivity contribution in [1.82, 2.24) is 10.2 Å². The fourth-order valence-corrected chi connectivity index (χ4v) is 4.06. The summed E-state index contributed by atoms with van der Waals surface area (Å²) in [4.78, 5) is 2.04. The highest BCUT2D eigenvalue weighted by molar-refractivity contribution is 7.91. The second-order valence-corrected chi connectivity index (χ2v) is 6.37. The van der Waals surface area contributed by atoms with Crippen LogP contribution in [0.2, 0.25) is 0 Å². The number of rotatable bonds is 1. The fourth-order valence-electron chi connectivity index (χ4n) is 2.31. The Morgan fingerprint density at radius 2 is 2.27 bits per heavy atom. The maximum Gasteiger partial charge on any atom is 0.151 e. The zero-order valence-electron chi connectivity index (χ0n) is 8.52. The van der Waals surface area contributed by atoms with Crippen molar-refractivity contribution >= 4 is 9.84 Å². The van der Waals surface area contributed by atoms with E-state index in [9.17, 15) is 8.42 Å². The van der Waals surface area contributed by atoms with Crippen LogP contribution in [0.5, 0.6) is 0 Å². The predicted molar refractivity (Wildman–Crippen MR) is 56.0 cm³/mol. The molecular formula is C9H15N3O2S. The summed E-state index contributed by atoms with van der Waals surface area (Å²) in [6.45, 7) is 2.26. The minimum atomic E-state index is -2.85. The standard InChI is InChI=1S/C9H15N3O2S/c10-5-9-6-11-2-3-12(9)8-1-4-15(13,14)7-8/h8-9,11H,1-4,6-7H2. The molecule has 0 aromatic carbocycles. The largest absolute Gasteiger partial charge is 0.313 e. The first kappa shape index (κ1) is 10.9. The van der Waals surface area contributed by atoms with E-state index >= 15 is 0 Å². The molecule has 2 unspecified atom stereocenters. The van der Waals surface area contributed by atoms with E-state index in [-0.39, 0.29) is 23.6 Å². The fraction of sp³-hybridized carbons (Fsp3) is 0.889.